The summed E-state index contributed by atoms with van der Waals surface area (Å²) in [7, 11) is 0. The number of hydrogen-bond donors (Lipinski definition) is 2. The van der Waals surface area contributed by atoms with Gasteiger partial charge >= 0.3 is 0 Å². The van der Waals surface area contributed by atoms with Crippen LogP contribution in [0.2, 0.25) is 0 Å². The number of aromatic nitrogens is 3. The van der Waals surface area contributed by atoms with E-state index in [4.69, 9.17) is 15.2 Å². The summed E-state index contributed by atoms with van der Waals surface area (Å²) in [5, 5.41) is 6.62. The van der Waals surface area contributed by atoms with Gasteiger partial charge in [0.05, 0.1) is 0 Å². The van der Waals surface area contributed by atoms with E-state index in [9.17, 15) is 4.79 Å². The number of rotatable bonds is 5. The summed E-state index contributed by atoms with van der Waals surface area (Å²) in [5.41, 5.74) is 6.76. The molecule has 0 unspecified atom stereocenters. The third-order valence-corrected chi connectivity index (χ3v) is 5.10. The van der Waals surface area contributed by atoms with Crippen molar-refractivity contribution in [2.24, 2.45) is 5.41 Å². The third-order valence-electron chi connectivity index (χ3n) is 5.10. The molecule has 1 saturated heterocycles. The SMILES string of the molecule is C[C@@]1(Cc2ccc3c(c2)OCO3)CCC(=O)N(CCc2nc(N)n[nH]2)C1. The van der Waals surface area contributed by atoms with Gasteiger partial charge in [-0.25, -0.2) is 0 Å². The summed E-state index contributed by atoms with van der Waals surface area (Å²) >= 11 is 0. The number of aromatic amines is 1. The Labute approximate surface area is 151 Å². The molecule has 2 aliphatic heterocycles. The maximum atomic E-state index is 12.3. The number of benzene rings is 1. The van der Waals surface area contributed by atoms with Gasteiger partial charge in [0.25, 0.3) is 0 Å². The zero-order chi connectivity index (χ0) is 18.1. The number of piperidine rings is 1. The van der Waals surface area contributed by atoms with Crippen molar-refractivity contribution in [3.63, 3.8) is 0 Å². The number of H-pyrrole nitrogens is 1. The van der Waals surface area contributed by atoms with E-state index in [0.717, 1.165) is 30.9 Å². The summed E-state index contributed by atoms with van der Waals surface area (Å²) in [5.74, 6) is 2.74. The number of ether oxygens (including phenoxy) is 2. The molecule has 1 aromatic carbocycles. The van der Waals surface area contributed by atoms with Crippen molar-refractivity contribution in [3.05, 3.63) is 29.6 Å². The normalized spacial score (nSPS) is 22.0. The first-order valence-corrected chi connectivity index (χ1v) is 8.84. The fourth-order valence-corrected chi connectivity index (χ4v) is 3.75. The predicted octanol–water partition coefficient (Wildman–Crippen LogP) is 1.53. The Morgan fingerprint density at radius 1 is 1.35 bits per heavy atom. The molecular weight excluding hydrogens is 334 g/mol. The van der Waals surface area contributed by atoms with Crippen LogP contribution in [0.3, 0.4) is 0 Å². The van der Waals surface area contributed by atoms with Gasteiger partial charge in [-0.15, -0.1) is 5.10 Å². The van der Waals surface area contributed by atoms with Gasteiger partial charge in [-0.1, -0.05) is 13.0 Å². The van der Waals surface area contributed by atoms with E-state index in [0.29, 0.717) is 25.2 Å². The number of nitrogens with zero attached hydrogens (tertiary/aromatic N) is 3. The van der Waals surface area contributed by atoms with Gasteiger partial charge in [-0.3, -0.25) is 9.89 Å². The topological polar surface area (TPSA) is 106 Å². The number of carbonyl (C=O) groups excluding carboxylic acids is 1. The second-order valence-corrected chi connectivity index (χ2v) is 7.38. The molecule has 0 saturated carbocycles. The minimum Gasteiger partial charge on any atom is -0.454 e. The number of carbonyl (C=O) groups is 1. The molecule has 0 radical (unpaired) electrons. The second-order valence-electron chi connectivity index (χ2n) is 7.38. The Bertz CT molecular complexity index is 821. The monoisotopic (exact) mass is 357 g/mol. The van der Waals surface area contributed by atoms with E-state index < -0.39 is 0 Å². The lowest BCUT2D eigenvalue weighted by atomic mass is 9.76. The minimum atomic E-state index is 0.0298. The number of likely N-dealkylation sites (tertiary alicyclic amines) is 1. The van der Waals surface area contributed by atoms with Crippen molar-refractivity contribution in [2.45, 2.75) is 32.6 Å². The molecule has 1 aromatic heterocycles. The zero-order valence-electron chi connectivity index (χ0n) is 14.8. The predicted molar refractivity (Wildman–Crippen MR) is 94.7 cm³/mol. The molecular formula is C18H23N5O3. The highest BCUT2D eigenvalue weighted by atomic mass is 16.7. The van der Waals surface area contributed by atoms with E-state index in [1.807, 2.05) is 17.0 Å². The number of amides is 1. The lowest BCUT2D eigenvalue weighted by molar-refractivity contribution is -0.137. The van der Waals surface area contributed by atoms with Gasteiger partial charge in [0.1, 0.15) is 5.82 Å². The van der Waals surface area contributed by atoms with Crippen LogP contribution in [0, 0.1) is 5.41 Å². The van der Waals surface area contributed by atoms with Gasteiger partial charge in [-0.2, -0.15) is 4.98 Å². The number of hydrogen-bond acceptors (Lipinski definition) is 6. The van der Waals surface area contributed by atoms with Crippen molar-refractivity contribution in [2.75, 3.05) is 25.6 Å². The van der Waals surface area contributed by atoms with Crippen LogP contribution in [-0.4, -0.2) is 45.9 Å². The Hall–Kier alpha value is -2.77. The van der Waals surface area contributed by atoms with E-state index in [2.05, 4.69) is 28.2 Å². The maximum Gasteiger partial charge on any atom is 0.239 e. The van der Waals surface area contributed by atoms with Gasteiger partial charge in [0, 0.05) is 25.9 Å². The third kappa shape index (κ3) is 3.44. The summed E-state index contributed by atoms with van der Waals surface area (Å²) in [4.78, 5) is 18.4. The second kappa shape index (κ2) is 6.51. The van der Waals surface area contributed by atoms with E-state index in [1.165, 1.54) is 5.56 Å². The Kier molecular flexibility index (Phi) is 4.18. The number of nitrogens with two attached hydrogens (primary N) is 1. The lowest BCUT2D eigenvalue weighted by Gasteiger charge is -2.40. The molecule has 3 heterocycles. The van der Waals surface area contributed by atoms with Crippen LogP contribution in [-0.2, 0) is 17.6 Å². The smallest absolute Gasteiger partial charge is 0.239 e. The molecule has 1 fully saturated rings. The number of anilines is 1. The summed E-state index contributed by atoms with van der Waals surface area (Å²) in [6.45, 7) is 3.86. The van der Waals surface area contributed by atoms with Gasteiger partial charge in [-0.05, 0) is 36.0 Å². The molecule has 1 atom stereocenters. The minimum absolute atomic E-state index is 0.0298. The lowest BCUT2D eigenvalue weighted by Crippen LogP contribution is -2.46. The highest BCUT2D eigenvalue weighted by molar-refractivity contribution is 5.77. The van der Waals surface area contributed by atoms with Gasteiger partial charge < -0.3 is 20.1 Å². The quantitative estimate of drug-likeness (QED) is 0.840. The first-order valence-electron chi connectivity index (χ1n) is 8.84. The molecule has 3 N–H and O–H groups in total. The van der Waals surface area contributed by atoms with Crippen molar-refractivity contribution in [1.82, 2.24) is 20.1 Å². The van der Waals surface area contributed by atoms with Gasteiger partial charge in [0.2, 0.25) is 18.6 Å². The Balaban J connectivity index is 1.41. The zero-order valence-corrected chi connectivity index (χ0v) is 14.8. The fourth-order valence-electron chi connectivity index (χ4n) is 3.75. The summed E-state index contributed by atoms with van der Waals surface area (Å²) in [6.07, 6.45) is 2.96. The van der Waals surface area contributed by atoms with Crippen LogP contribution >= 0.6 is 0 Å². The molecule has 8 nitrogen and oxygen atoms in total. The maximum absolute atomic E-state index is 12.3. The van der Waals surface area contributed by atoms with Crippen molar-refractivity contribution in [3.8, 4) is 11.5 Å². The van der Waals surface area contributed by atoms with Crippen LogP contribution in [0.5, 0.6) is 11.5 Å². The number of fused-ring (bicyclic) bond motifs is 1. The van der Waals surface area contributed by atoms with E-state index >= 15 is 0 Å². The highest BCUT2D eigenvalue weighted by Gasteiger charge is 2.35. The fraction of sp³-hybridized carbons (Fsp3) is 0.500. The van der Waals surface area contributed by atoms with Crippen molar-refractivity contribution >= 4 is 11.9 Å². The molecule has 0 aliphatic carbocycles. The molecule has 26 heavy (non-hydrogen) atoms. The standard InChI is InChI=1S/C18H23N5O3/c1-18(9-12-2-3-13-14(8-12)26-11-25-13)6-4-16(24)23(10-18)7-5-15-20-17(19)22-21-15/h2-3,8H,4-7,9-11H2,1H3,(H3,19,20,21,22)/t18-/m0/s1. The largest absolute Gasteiger partial charge is 0.454 e. The highest BCUT2D eigenvalue weighted by Crippen LogP contribution is 2.37. The van der Waals surface area contributed by atoms with E-state index in [1.54, 1.807) is 0 Å². The van der Waals surface area contributed by atoms with Crippen LogP contribution in [0.15, 0.2) is 18.2 Å². The Morgan fingerprint density at radius 3 is 3.00 bits per heavy atom. The van der Waals surface area contributed by atoms with Crippen molar-refractivity contribution < 1.29 is 14.3 Å². The van der Waals surface area contributed by atoms with Crippen LogP contribution < -0.4 is 15.2 Å². The molecule has 2 aliphatic rings. The summed E-state index contributed by atoms with van der Waals surface area (Å²) in [6, 6.07) is 6.09. The molecule has 0 spiro atoms. The molecule has 4 rings (SSSR count). The summed E-state index contributed by atoms with van der Waals surface area (Å²) < 4.78 is 10.9. The van der Waals surface area contributed by atoms with Gasteiger partial charge in [0.15, 0.2) is 11.5 Å². The first kappa shape index (κ1) is 16.7. The van der Waals surface area contributed by atoms with Crippen molar-refractivity contribution in [1.29, 1.82) is 0 Å². The Morgan fingerprint density at radius 2 is 2.19 bits per heavy atom. The average molecular weight is 357 g/mol. The molecule has 0 bridgehead atoms. The molecule has 1 amide bonds. The van der Waals surface area contributed by atoms with Crippen LogP contribution in [0.4, 0.5) is 5.95 Å². The molecule has 2 aromatic rings. The number of nitrogen functional groups attached to an aromatic ring is 1. The van der Waals surface area contributed by atoms with E-state index in [-0.39, 0.29) is 24.1 Å². The molecule has 8 heteroatoms. The molecule has 138 valence electrons. The average Bonchev–Trinajstić information content (AvgIpc) is 3.24. The first-order chi connectivity index (χ1) is 12.5. The number of nitrogens with one attached hydrogen (secondary N) is 1. The van der Waals surface area contributed by atoms with Crippen LogP contribution in [0.25, 0.3) is 0 Å². The van der Waals surface area contributed by atoms with Crippen LogP contribution in [0.1, 0.15) is 31.2 Å².